The van der Waals surface area contributed by atoms with E-state index >= 15 is 0 Å². The van der Waals surface area contributed by atoms with Crippen molar-refractivity contribution < 1.29 is 28.6 Å². The number of esters is 3. The summed E-state index contributed by atoms with van der Waals surface area (Å²) in [5.41, 5.74) is 0. The van der Waals surface area contributed by atoms with Crippen molar-refractivity contribution in [3.8, 4) is 0 Å². The fourth-order valence-electron chi connectivity index (χ4n) is 7.89. The first-order chi connectivity index (χ1) is 33.0. The van der Waals surface area contributed by atoms with E-state index in [2.05, 4.69) is 93.7 Å². The molecule has 0 aromatic heterocycles. The minimum atomic E-state index is -0.795. The molecular formula is C61H106O6. The summed E-state index contributed by atoms with van der Waals surface area (Å²) in [5.74, 6) is -0.933. The molecule has 0 aliphatic carbocycles. The monoisotopic (exact) mass is 935 g/mol. The van der Waals surface area contributed by atoms with Gasteiger partial charge in [-0.3, -0.25) is 14.4 Å². The SMILES string of the molecule is CC/C=C\C/C=C\C/C=C\C/C=C\CCCCC(=O)OC[C@H](COC(=O)CCCCCCCCCCC/C=C\CCCCCCCC)OC(=O)CCCCCCCCC/C=C\CCCCCC. The average Bonchev–Trinajstić information content (AvgIpc) is 3.33. The van der Waals surface area contributed by atoms with E-state index in [1.54, 1.807) is 0 Å². The van der Waals surface area contributed by atoms with Gasteiger partial charge in [0.15, 0.2) is 6.10 Å². The van der Waals surface area contributed by atoms with Crippen LogP contribution in [0.2, 0.25) is 0 Å². The molecule has 0 radical (unpaired) electrons. The molecule has 0 aromatic rings. The summed E-state index contributed by atoms with van der Waals surface area (Å²) in [6, 6.07) is 0. The first-order valence-corrected chi connectivity index (χ1v) is 28.4. The first-order valence-electron chi connectivity index (χ1n) is 28.4. The lowest BCUT2D eigenvalue weighted by Gasteiger charge is -2.18. The maximum atomic E-state index is 12.8. The Morgan fingerprint density at radius 2 is 0.582 bits per heavy atom. The highest BCUT2D eigenvalue weighted by atomic mass is 16.6. The van der Waals surface area contributed by atoms with Crippen LogP contribution in [-0.4, -0.2) is 37.2 Å². The van der Waals surface area contributed by atoms with Crippen LogP contribution in [0.25, 0.3) is 0 Å². The summed E-state index contributed by atoms with van der Waals surface area (Å²) in [4.78, 5) is 38.1. The fourth-order valence-corrected chi connectivity index (χ4v) is 7.89. The highest BCUT2D eigenvalue weighted by molar-refractivity contribution is 5.71. The van der Waals surface area contributed by atoms with Crippen molar-refractivity contribution in [2.24, 2.45) is 0 Å². The zero-order valence-electron chi connectivity index (χ0n) is 44.2. The number of carbonyl (C=O) groups excluding carboxylic acids is 3. The number of rotatable bonds is 51. The van der Waals surface area contributed by atoms with Crippen LogP contribution in [0, 0.1) is 0 Å². The van der Waals surface area contributed by atoms with E-state index in [1.165, 1.54) is 154 Å². The quantitative estimate of drug-likeness (QED) is 0.0262. The topological polar surface area (TPSA) is 78.9 Å². The van der Waals surface area contributed by atoms with E-state index < -0.39 is 6.10 Å². The zero-order valence-corrected chi connectivity index (χ0v) is 44.2. The molecule has 0 fully saturated rings. The van der Waals surface area contributed by atoms with Crippen LogP contribution in [-0.2, 0) is 28.6 Å². The van der Waals surface area contributed by atoms with Crippen LogP contribution in [0.1, 0.15) is 278 Å². The molecule has 67 heavy (non-hydrogen) atoms. The van der Waals surface area contributed by atoms with Crippen LogP contribution in [0.3, 0.4) is 0 Å². The van der Waals surface area contributed by atoms with Crippen molar-refractivity contribution in [1.29, 1.82) is 0 Å². The third kappa shape index (κ3) is 53.7. The van der Waals surface area contributed by atoms with E-state index in [1.807, 2.05) is 0 Å². The lowest BCUT2D eigenvalue weighted by molar-refractivity contribution is -0.167. The summed E-state index contributed by atoms with van der Waals surface area (Å²) < 4.78 is 16.8. The molecule has 6 heteroatoms. The Labute approximate surface area is 414 Å². The molecule has 0 bridgehead atoms. The van der Waals surface area contributed by atoms with Gasteiger partial charge in [-0.25, -0.2) is 0 Å². The van der Waals surface area contributed by atoms with Gasteiger partial charge in [0, 0.05) is 19.3 Å². The summed E-state index contributed by atoms with van der Waals surface area (Å²) in [7, 11) is 0. The van der Waals surface area contributed by atoms with Crippen LogP contribution in [0.5, 0.6) is 0 Å². The van der Waals surface area contributed by atoms with Crippen LogP contribution < -0.4 is 0 Å². The van der Waals surface area contributed by atoms with Crippen LogP contribution >= 0.6 is 0 Å². The van der Waals surface area contributed by atoms with E-state index in [0.29, 0.717) is 19.3 Å². The van der Waals surface area contributed by atoms with Gasteiger partial charge in [-0.2, -0.15) is 0 Å². The second-order valence-electron chi connectivity index (χ2n) is 18.8. The Kier molecular flexibility index (Phi) is 52.8. The van der Waals surface area contributed by atoms with Gasteiger partial charge in [-0.1, -0.05) is 222 Å². The third-order valence-electron chi connectivity index (χ3n) is 12.2. The number of ether oxygens (including phenoxy) is 3. The number of unbranched alkanes of at least 4 members (excludes halogenated alkanes) is 28. The minimum Gasteiger partial charge on any atom is -0.462 e. The van der Waals surface area contributed by atoms with Gasteiger partial charge < -0.3 is 14.2 Å². The normalized spacial score (nSPS) is 12.6. The smallest absolute Gasteiger partial charge is 0.306 e. The second kappa shape index (κ2) is 55.4. The molecule has 0 saturated carbocycles. The molecule has 0 unspecified atom stereocenters. The molecule has 0 heterocycles. The number of hydrogen-bond acceptors (Lipinski definition) is 6. The highest BCUT2D eigenvalue weighted by Crippen LogP contribution is 2.15. The summed E-state index contributed by atoms with van der Waals surface area (Å²) in [6.45, 7) is 6.49. The summed E-state index contributed by atoms with van der Waals surface area (Å²) >= 11 is 0. The van der Waals surface area contributed by atoms with E-state index in [9.17, 15) is 14.4 Å². The number of allylic oxidation sites excluding steroid dienone is 12. The molecule has 386 valence electrons. The maximum Gasteiger partial charge on any atom is 0.306 e. The number of carbonyl (C=O) groups is 3. The average molecular weight is 936 g/mol. The molecule has 0 aliphatic heterocycles. The second-order valence-corrected chi connectivity index (χ2v) is 18.8. The molecule has 0 aromatic carbocycles. The predicted octanol–water partition coefficient (Wildman–Crippen LogP) is 19.0. The van der Waals surface area contributed by atoms with Crippen LogP contribution in [0.15, 0.2) is 72.9 Å². The van der Waals surface area contributed by atoms with Crippen molar-refractivity contribution in [2.75, 3.05) is 13.2 Å². The molecule has 6 nitrogen and oxygen atoms in total. The van der Waals surface area contributed by atoms with E-state index in [0.717, 1.165) is 83.5 Å². The van der Waals surface area contributed by atoms with Gasteiger partial charge in [-0.05, 0) is 109 Å². The molecule has 0 rings (SSSR count). The minimum absolute atomic E-state index is 0.0906. The molecule has 0 saturated heterocycles. The van der Waals surface area contributed by atoms with Crippen molar-refractivity contribution in [3.05, 3.63) is 72.9 Å². The zero-order chi connectivity index (χ0) is 48.6. The Bertz CT molecular complexity index is 1260. The lowest BCUT2D eigenvalue weighted by Crippen LogP contribution is -2.30. The van der Waals surface area contributed by atoms with E-state index in [-0.39, 0.29) is 31.1 Å². The largest absolute Gasteiger partial charge is 0.462 e. The fraction of sp³-hybridized carbons (Fsp3) is 0.754. The van der Waals surface area contributed by atoms with Crippen molar-refractivity contribution in [3.63, 3.8) is 0 Å². The first kappa shape index (κ1) is 63.8. The van der Waals surface area contributed by atoms with Gasteiger partial charge in [0.05, 0.1) is 0 Å². The molecule has 0 aliphatic rings. The Hall–Kier alpha value is -3.15. The molecule has 1 atom stereocenters. The summed E-state index contributed by atoms with van der Waals surface area (Å²) in [5, 5.41) is 0. The summed E-state index contributed by atoms with van der Waals surface area (Å²) in [6.07, 6.45) is 70.3. The van der Waals surface area contributed by atoms with Gasteiger partial charge in [0.2, 0.25) is 0 Å². The van der Waals surface area contributed by atoms with Gasteiger partial charge in [0.25, 0.3) is 0 Å². The predicted molar refractivity (Wildman–Crippen MR) is 288 cm³/mol. The van der Waals surface area contributed by atoms with Crippen molar-refractivity contribution >= 4 is 17.9 Å². The molecular weight excluding hydrogens is 829 g/mol. The Morgan fingerprint density at radius 3 is 0.970 bits per heavy atom. The number of hydrogen-bond donors (Lipinski definition) is 0. The maximum absolute atomic E-state index is 12.8. The van der Waals surface area contributed by atoms with Gasteiger partial charge in [-0.15, -0.1) is 0 Å². The Morgan fingerprint density at radius 1 is 0.313 bits per heavy atom. The lowest BCUT2D eigenvalue weighted by atomic mass is 10.1. The standard InChI is InChI=1S/C61H106O6/c1-4-7-10-13-16-19-22-25-28-29-30-31-34-36-39-42-45-48-51-54-60(63)66-57-58(67-61(64)55-52-49-46-43-40-37-33-27-24-21-18-15-12-9-6-3)56-65-59(62)53-50-47-44-41-38-35-32-26-23-20-17-14-11-8-5-2/h8,11,17,20-21,24-26,28,32,38,41,58H,4-7,9-10,12-16,18-19,22-23,27,29-31,33-37,39-40,42-57H2,1-3H3/b11-8-,20-17-,24-21-,28-25-,32-26-,41-38-/t58-/m1/s1. The Balaban J connectivity index is 4.41. The third-order valence-corrected chi connectivity index (χ3v) is 12.2. The molecule has 0 amide bonds. The van der Waals surface area contributed by atoms with Crippen molar-refractivity contribution in [1.82, 2.24) is 0 Å². The van der Waals surface area contributed by atoms with Crippen LogP contribution in [0.4, 0.5) is 0 Å². The van der Waals surface area contributed by atoms with Crippen molar-refractivity contribution in [2.45, 2.75) is 284 Å². The van der Waals surface area contributed by atoms with Gasteiger partial charge >= 0.3 is 17.9 Å². The highest BCUT2D eigenvalue weighted by Gasteiger charge is 2.19. The molecule has 0 N–H and O–H groups in total. The molecule has 0 spiro atoms. The van der Waals surface area contributed by atoms with Gasteiger partial charge in [0.1, 0.15) is 13.2 Å². The van der Waals surface area contributed by atoms with E-state index in [4.69, 9.17) is 14.2 Å².